The fraction of sp³-hybridized carbons (Fsp3) is 0.0714. The van der Waals surface area contributed by atoms with Gasteiger partial charge < -0.3 is 9.38 Å². The van der Waals surface area contributed by atoms with Crippen LogP contribution in [0.25, 0.3) is 16.9 Å². The van der Waals surface area contributed by atoms with E-state index in [2.05, 4.69) is 9.97 Å². The van der Waals surface area contributed by atoms with Gasteiger partial charge >= 0.3 is 0 Å². The molecule has 0 saturated carbocycles. The number of hydrogen-bond acceptors (Lipinski definition) is 3. The van der Waals surface area contributed by atoms with E-state index < -0.39 is 5.56 Å². The molecule has 0 spiro atoms. The smallest absolute Gasteiger partial charge is 0.266 e. The van der Waals surface area contributed by atoms with Gasteiger partial charge in [0.25, 0.3) is 5.56 Å². The first-order valence-corrected chi connectivity index (χ1v) is 5.87. The Hall–Kier alpha value is -2.94. The molecule has 0 atom stereocenters. The second-order valence-corrected chi connectivity index (χ2v) is 4.40. The number of halogens is 1. The number of pyridine rings is 2. The number of nitrogens with zero attached hydrogens (tertiary/aromatic N) is 3. The summed E-state index contributed by atoms with van der Waals surface area (Å²) in [4.78, 5) is 18.5. The minimum atomic E-state index is -0.427. The molecule has 3 rings (SSSR count). The van der Waals surface area contributed by atoms with Crippen LogP contribution in [0, 0.1) is 24.1 Å². The first-order valence-electron chi connectivity index (χ1n) is 5.87. The molecule has 98 valence electrons. The molecular weight excluding hydrogens is 259 g/mol. The predicted molar refractivity (Wildman–Crippen MR) is 70.7 cm³/mol. The van der Waals surface area contributed by atoms with Crippen LogP contribution in [0.15, 0.2) is 35.4 Å². The van der Waals surface area contributed by atoms with Gasteiger partial charge in [0, 0.05) is 23.7 Å². The van der Waals surface area contributed by atoms with Crippen LogP contribution in [-0.4, -0.2) is 14.4 Å². The zero-order chi connectivity index (χ0) is 14.3. The topological polar surface area (TPSA) is 74.0 Å². The van der Waals surface area contributed by atoms with Crippen LogP contribution < -0.4 is 5.56 Å². The second-order valence-electron chi connectivity index (χ2n) is 4.40. The predicted octanol–water partition coefficient (Wildman–Crippen LogP) is 2.01. The highest BCUT2D eigenvalue weighted by Gasteiger charge is 2.11. The number of aryl methyl sites for hydroxylation is 1. The Morgan fingerprint density at radius 3 is 2.95 bits per heavy atom. The Bertz CT molecular complexity index is 917. The third-order valence-corrected chi connectivity index (χ3v) is 3.05. The van der Waals surface area contributed by atoms with Crippen molar-refractivity contribution in [1.82, 2.24) is 14.4 Å². The molecule has 6 heteroatoms. The van der Waals surface area contributed by atoms with E-state index in [9.17, 15) is 9.18 Å². The van der Waals surface area contributed by atoms with E-state index in [1.165, 1.54) is 18.3 Å². The standard InChI is InChI=1S/C14H9FN4O/c1-8-11(4-9(5-16)14(20)17-8)12-7-19-6-10(15)2-3-13(19)18-12/h2-4,6-7H,1H3,(H,17,20). The van der Waals surface area contributed by atoms with Crippen LogP contribution in [0.3, 0.4) is 0 Å². The molecule has 0 aliphatic heterocycles. The largest absolute Gasteiger partial charge is 0.325 e. The summed E-state index contributed by atoms with van der Waals surface area (Å²) < 4.78 is 14.7. The molecule has 0 bridgehead atoms. The van der Waals surface area contributed by atoms with Gasteiger partial charge in [-0.1, -0.05) is 0 Å². The summed E-state index contributed by atoms with van der Waals surface area (Å²) in [5, 5.41) is 8.91. The van der Waals surface area contributed by atoms with Crippen molar-refractivity contribution in [3.63, 3.8) is 0 Å². The highest BCUT2D eigenvalue weighted by atomic mass is 19.1. The number of rotatable bonds is 1. The molecule has 0 radical (unpaired) electrons. The maximum Gasteiger partial charge on any atom is 0.266 e. The number of H-pyrrole nitrogens is 1. The molecule has 3 aromatic rings. The van der Waals surface area contributed by atoms with E-state index in [0.717, 1.165) is 0 Å². The van der Waals surface area contributed by atoms with Crippen molar-refractivity contribution in [2.75, 3.05) is 0 Å². The number of imidazole rings is 1. The van der Waals surface area contributed by atoms with E-state index in [-0.39, 0.29) is 11.4 Å². The van der Waals surface area contributed by atoms with Crippen molar-refractivity contribution in [2.24, 2.45) is 0 Å². The van der Waals surface area contributed by atoms with Crippen molar-refractivity contribution in [2.45, 2.75) is 6.92 Å². The summed E-state index contributed by atoms with van der Waals surface area (Å²) >= 11 is 0. The van der Waals surface area contributed by atoms with E-state index in [0.29, 0.717) is 22.6 Å². The molecule has 0 saturated heterocycles. The van der Waals surface area contributed by atoms with Gasteiger partial charge in [-0.3, -0.25) is 4.79 Å². The Kier molecular flexibility index (Phi) is 2.61. The molecule has 5 nitrogen and oxygen atoms in total. The van der Waals surface area contributed by atoms with Crippen molar-refractivity contribution in [1.29, 1.82) is 5.26 Å². The maximum atomic E-state index is 13.2. The van der Waals surface area contributed by atoms with Gasteiger partial charge in [-0.15, -0.1) is 0 Å². The molecule has 0 aliphatic rings. The number of aromatic nitrogens is 3. The van der Waals surface area contributed by atoms with Crippen LogP contribution in [0.5, 0.6) is 0 Å². The Labute approximate surface area is 112 Å². The summed E-state index contributed by atoms with van der Waals surface area (Å²) in [5.74, 6) is -0.364. The third-order valence-electron chi connectivity index (χ3n) is 3.05. The lowest BCUT2D eigenvalue weighted by atomic mass is 10.1. The zero-order valence-corrected chi connectivity index (χ0v) is 10.5. The molecule has 3 aromatic heterocycles. The fourth-order valence-corrected chi connectivity index (χ4v) is 2.07. The molecule has 0 amide bonds. The second kappa shape index (κ2) is 4.31. The third kappa shape index (κ3) is 1.86. The lowest BCUT2D eigenvalue weighted by Crippen LogP contribution is -2.11. The lowest BCUT2D eigenvalue weighted by Gasteiger charge is -2.02. The summed E-state index contributed by atoms with van der Waals surface area (Å²) in [6.07, 6.45) is 2.97. The van der Waals surface area contributed by atoms with Crippen molar-refractivity contribution < 1.29 is 4.39 Å². The van der Waals surface area contributed by atoms with Gasteiger partial charge in [0.2, 0.25) is 0 Å². The van der Waals surface area contributed by atoms with Gasteiger partial charge in [0.1, 0.15) is 23.1 Å². The number of hydrogen-bond donors (Lipinski definition) is 1. The molecule has 0 aromatic carbocycles. The van der Waals surface area contributed by atoms with Crippen molar-refractivity contribution in [3.8, 4) is 17.3 Å². The minimum absolute atomic E-state index is 0.0221. The van der Waals surface area contributed by atoms with E-state index >= 15 is 0 Å². The lowest BCUT2D eigenvalue weighted by molar-refractivity contribution is 0.619. The average molecular weight is 268 g/mol. The summed E-state index contributed by atoms with van der Waals surface area (Å²) in [6.45, 7) is 1.72. The normalized spacial score (nSPS) is 10.7. The first-order chi connectivity index (χ1) is 9.58. The monoisotopic (exact) mass is 268 g/mol. The van der Waals surface area contributed by atoms with Gasteiger partial charge in [0.05, 0.1) is 5.69 Å². The molecule has 1 N–H and O–H groups in total. The molecule has 20 heavy (non-hydrogen) atoms. The Balaban J connectivity index is 2.25. The highest BCUT2D eigenvalue weighted by molar-refractivity contribution is 5.66. The fourth-order valence-electron chi connectivity index (χ4n) is 2.07. The van der Waals surface area contributed by atoms with Crippen LogP contribution in [0.4, 0.5) is 4.39 Å². The van der Waals surface area contributed by atoms with E-state index in [1.807, 2.05) is 6.07 Å². The van der Waals surface area contributed by atoms with Crippen molar-refractivity contribution in [3.05, 3.63) is 58.0 Å². The average Bonchev–Trinajstić information content (AvgIpc) is 2.81. The van der Waals surface area contributed by atoms with Gasteiger partial charge in [-0.25, -0.2) is 9.37 Å². The number of fused-ring (bicyclic) bond motifs is 1. The van der Waals surface area contributed by atoms with Crippen LogP contribution in [0.1, 0.15) is 11.3 Å². The van der Waals surface area contributed by atoms with Crippen LogP contribution in [0.2, 0.25) is 0 Å². The van der Waals surface area contributed by atoms with Gasteiger partial charge in [-0.2, -0.15) is 5.26 Å². The molecule has 0 aliphatic carbocycles. The number of aromatic amines is 1. The number of nitriles is 1. The molecule has 0 unspecified atom stereocenters. The summed E-state index contributed by atoms with van der Waals surface area (Å²) in [6, 6.07) is 6.22. The van der Waals surface area contributed by atoms with Gasteiger partial charge in [-0.05, 0) is 25.1 Å². The first kappa shape index (κ1) is 12.1. The molecular formula is C14H9FN4O. The summed E-state index contributed by atoms with van der Waals surface area (Å²) in [7, 11) is 0. The minimum Gasteiger partial charge on any atom is -0.325 e. The van der Waals surface area contributed by atoms with Crippen LogP contribution in [-0.2, 0) is 0 Å². The van der Waals surface area contributed by atoms with Crippen molar-refractivity contribution >= 4 is 5.65 Å². The highest BCUT2D eigenvalue weighted by Crippen LogP contribution is 2.21. The van der Waals surface area contributed by atoms with E-state index in [1.54, 1.807) is 23.6 Å². The maximum absolute atomic E-state index is 13.2. The molecule has 3 heterocycles. The Morgan fingerprint density at radius 1 is 1.40 bits per heavy atom. The SMILES string of the molecule is Cc1[nH]c(=O)c(C#N)cc1-c1cn2cc(F)ccc2n1. The number of nitrogens with one attached hydrogen (secondary N) is 1. The van der Waals surface area contributed by atoms with Crippen LogP contribution >= 0.6 is 0 Å². The zero-order valence-electron chi connectivity index (χ0n) is 10.5. The Morgan fingerprint density at radius 2 is 2.20 bits per heavy atom. The van der Waals surface area contributed by atoms with Gasteiger partial charge in [0.15, 0.2) is 0 Å². The molecule has 0 fully saturated rings. The quantitative estimate of drug-likeness (QED) is 0.733. The summed E-state index contributed by atoms with van der Waals surface area (Å²) in [5.41, 5.74) is 2.01. The van der Waals surface area contributed by atoms with E-state index in [4.69, 9.17) is 5.26 Å².